The lowest BCUT2D eigenvalue weighted by Gasteiger charge is -2.30. The average molecular weight is 316 g/mol. The van der Waals surface area contributed by atoms with Crippen molar-refractivity contribution < 1.29 is 14.3 Å². The van der Waals surface area contributed by atoms with Gasteiger partial charge >= 0.3 is 5.97 Å². The maximum atomic E-state index is 12.6. The van der Waals surface area contributed by atoms with Crippen molar-refractivity contribution in [1.29, 1.82) is 0 Å². The van der Waals surface area contributed by atoms with Crippen LogP contribution in [0.25, 0.3) is 0 Å². The van der Waals surface area contributed by atoms with Crippen LogP contribution in [0.4, 0.5) is 0 Å². The highest BCUT2D eigenvalue weighted by atomic mass is 16.5. The summed E-state index contributed by atoms with van der Waals surface area (Å²) in [5.74, 6) is -0.466. The van der Waals surface area contributed by atoms with E-state index >= 15 is 0 Å². The van der Waals surface area contributed by atoms with Gasteiger partial charge in [0.05, 0.1) is 12.3 Å². The Kier molecular flexibility index (Phi) is 4.96. The Hall–Kier alpha value is -1.88. The van der Waals surface area contributed by atoms with Crippen molar-refractivity contribution in [2.45, 2.75) is 32.4 Å². The van der Waals surface area contributed by atoms with Crippen LogP contribution in [0.15, 0.2) is 30.3 Å². The first-order valence-electron chi connectivity index (χ1n) is 8.36. The van der Waals surface area contributed by atoms with Gasteiger partial charge in [-0.2, -0.15) is 0 Å². The topological polar surface area (TPSA) is 49.9 Å². The van der Waals surface area contributed by atoms with Crippen molar-refractivity contribution >= 4 is 11.9 Å². The summed E-state index contributed by atoms with van der Waals surface area (Å²) >= 11 is 0. The monoisotopic (exact) mass is 316 g/mol. The van der Waals surface area contributed by atoms with Crippen molar-refractivity contribution in [2.24, 2.45) is 5.92 Å². The lowest BCUT2D eigenvalue weighted by atomic mass is 10.1. The second-order valence-electron chi connectivity index (χ2n) is 6.54. The molecule has 0 saturated carbocycles. The van der Waals surface area contributed by atoms with Crippen LogP contribution in [0.2, 0.25) is 0 Å². The fourth-order valence-electron chi connectivity index (χ4n) is 3.47. The zero-order chi connectivity index (χ0) is 16.2. The van der Waals surface area contributed by atoms with E-state index in [4.69, 9.17) is 4.74 Å². The summed E-state index contributed by atoms with van der Waals surface area (Å²) in [6.45, 7) is 5.87. The van der Waals surface area contributed by atoms with Crippen molar-refractivity contribution in [3.05, 3.63) is 35.9 Å². The van der Waals surface area contributed by atoms with Gasteiger partial charge in [-0.15, -0.1) is 0 Å². The van der Waals surface area contributed by atoms with Gasteiger partial charge in [0.15, 0.2) is 0 Å². The van der Waals surface area contributed by atoms with Crippen molar-refractivity contribution in [3.63, 3.8) is 0 Å². The summed E-state index contributed by atoms with van der Waals surface area (Å²) in [7, 11) is 0. The molecule has 0 N–H and O–H groups in total. The molecule has 0 spiro atoms. The van der Waals surface area contributed by atoms with Crippen LogP contribution in [0.3, 0.4) is 0 Å². The zero-order valence-electron chi connectivity index (χ0n) is 13.6. The minimum Gasteiger partial charge on any atom is -0.465 e. The normalized spacial score (nSPS) is 26.0. The van der Waals surface area contributed by atoms with E-state index in [2.05, 4.69) is 36.1 Å². The summed E-state index contributed by atoms with van der Waals surface area (Å²) in [5, 5.41) is 0. The molecule has 23 heavy (non-hydrogen) atoms. The first kappa shape index (κ1) is 16.0. The second kappa shape index (κ2) is 7.13. The maximum Gasteiger partial charge on any atom is 0.306 e. The summed E-state index contributed by atoms with van der Waals surface area (Å²) in [5.41, 5.74) is 1.30. The number of rotatable bonds is 3. The number of benzene rings is 1. The fraction of sp³-hybridized carbons (Fsp3) is 0.556. The Morgan fingerprint density at radius 3 is 2.74 bits per heavy atom. The highest BCUT2D eigenvalue weighted by Crippen LogP contribution is 2.21. The van der Waals surface area contributed by atoms with E-state index in [0.717, 1.165) is 32.6 Å². The third kappa shape index (κ3) is 3.91. The van der Waals surface area contributed by atoms with Crippen molar-refractivity contribution in [3.8, 4) is 0 Å². The summed E-state index contributed by atoms with van der Waals surface area (Å²) in [6.07, 6.45) is 1.19. The lowest BCUT2D eigenvalue weighted by Crippen LogP contribution is -2.45. The minimum atomic E-state index is -0.286. The minimum absolute atomic E-state index is 0.0740. The summed E-state index contributed by atoms with van der Waals surface area (Å²) in [4.78, 5) is 28.2. The third-order valence-electron chi connectivity index (χ3n) is 4.67. The molecule has 5 nitrogen and oxygen atoms in total. The molecule has 1 aromatic carbocycles. The van der Waals surface area contributed by atoms with Gasteiger partial charge in [0.25, 0.3) is 0 Å². The number of carbonyl (C=O) groups is 2. The SMILES string of the molecule is CC1CN(Cc2ccccc2)CCCN1C(=O)C1COC(=O)C1. The predicted molar refractivity (Wildman–Crippen MR) is 86.6 cm³/mol. The Morgan fingerprint density at radius 2 is 2.04 bits per heavy atom. The average Bonchev–Trinajstić information content (AvgIpc) is 2.89. The van der Waals surface area contributed by atoms with Gasteiger partial charge in [0, 0.05) is 32.2 Å². The molecule has 5 heteroatoms. The highest BCUT2D eigenvalue weighted by molar-refractivity contribution is 5.86. The first-order chi connectivity index (χ1) is 11.1. The Labute approximate surface area is 137 Å². The molecular weight excluding hydrogens is 292 g/mol. The van der Waals surface area contributed by atoms with E-state index in [-0.39, 0.29) is 36.9 Å². The molecule has 2 aliphatic heterocycles. The van der Waals surface area contributed by atoms with E-state index in [9.17, 15) is 9.59 Å². The fourth-order valence-corrected chi connectivity index (χ4v) is 3.47. The number of esters is 1. The molecule has 0 aliphatic carbocycles. The standard InChI is InChI=1S/C18H24N2O3/c1-14-11-19(12-15-6-3-2-4-7-15)8-5-9-20(14)18(22)16-10-17(21)23-13-16/h2-4,6-7,14,16H,5,8-13H2,1H3. The third-order valence-corrected chi connectivity index (χ3v) is 4.67. The maximum absolute atomic E-state index is 12.6. The number of cyclic esters (lactones) is 1. The predicted octanol–water partition coefficient (Wildman–Crippen LogP) is 1.67. The molecule has 2 heterocycles. The molecule has 0 aromatic heterocycles. The van der Waals surface area contributed by atoms with Crippen molar-refractivity contribution in [1.82, 2.24) is 9.80 Å². The van der Waals surface area contributed by atoms with Gasteiger partial charge in [-0.25, -0.2) is 0 Å². The van der Waals surface area contributed by atoms with Gasteiger partial charge in [-0.05, 0) is 18.9 Å². The van der Waals surface area contributed by atoms with Gasteiger partial charge in [-0.3, -0.25) is 14.5 Å². The molecule has 0 radical (unpaired) electrons. The van der Waals surface area contributed by atoms with E-state index in [1.54, 1.807) is 0 Å². The van der Waals surface area contributed by atoms with Crippen LogP contribution < -0.4 is 0 Å². The van der Waals surface area contributed by atoms with Crippen LogP contribution in [-0.4, -0.2) is 54.0 Å². The second-order valence-corrected chi connectivity index (χ2v) is 6.54. The van der Waals surface area contributed by atoms with Crippen LogP contribution in [0.5, 0.6) is 0 Å². The first-order valence-corrected chi connectivity index (χ1v) is 8.36. The van der Waals surface area contributed by atoms with Gasteiger partial charge in [-0.1, -0.05) is 30.3 Å². The zero-order valence-corrected chi connectivity index (χ0v) is 13.6. The number of carbonyl (C=O) groups excluding carboxylic acids is 2. The van der Waals surface area contributed by atoms with Crippen LogP contribution in [0.1, 0.15) is 25.3 Å². The van der Waals surface area contributed by atoms with E-state index in [1.165, 1.54) is 5.56 Å². The van der Waals surface area contributed by atoms with E-state index < -0.39 is 0 Å². The molecule has 124 valence electrons. The molecule has 3 rings (SSSR count). The smallest absolute Gasteiger partial charge is 0.306 e. The number of amides is 1. The van der Waals surface area contributed by atoms with Gasteiger partial charge < -0.3 is 9.64 Å². The number of hydrogen-bond donors (Lipinski definition) is 0. The quantitative estimate of drug-likeness (QED) is 0.796. The highest BCUT2D eigenvalue weighted by Gasteiger charge is 2.35. The number of nitrogens with zero attached hydrogens (tertiary/aromatic N) is 2. The van der Waals surface area contributed by atoms with Gasteiger partial charge in [0.2, 0.25) is 5.91 Å². The molecule has 2 saturated heterocycles. The molecule has 2 unspecified atom stereocenters. The Morgan fingerprint density at radius 1 is 1.26 bits per heavy atom. The van der Waals surface area contributed by atoms with Gasteiger partial charge in [0.1, 0.15) is 6.61 Å². The van der Waals surface area contributed by atoms with Crippen molar-refractivity contribution in [2.75, 3.05) is 26.2 Å². The van der Waals surface area contributed by atoms with Crippen LogP contribution in [0, 0.1) is 5.92 Å². The lowest BCUT2D eigenvalue weighted by molar-refractivity contribution is -0.138. The molecule has 2 fully saturated rings. The summed E-state index contributed by atoms with van der Waals surface area (Å²) in [6, 6.07) is 10.6. The molecular formula is C18H24N2O3. The molecule has 1 amide bonds. The summed E-state index contributed by atoms with van der Waals surface area (Å²) < 4.78 is 4.95. The van der Waals surface area contributed by atoms with E-state index in [1.807, 2.05) is 11.0 Å². The number of hydrogen-bond acceptors (Lipinski definition) is 4. The van der Waals surface area contributed by atoms with Crippen LogP contribution >= 0.6 is 0 Å². The Bertz CT molecular complexity index is 561. The molecule has 2 aliphatic rings. The number of ether oxygens (including phenoxy) is 1. The van der Waals surface area contributed by atoms with Crippen LogP contribution in [-0.2, 0) is 20.9 Å². The molecule has 1 aromatic rings. The largest absolute Gasteiger partial charge is 0.465 e. The molecule has 0 bridgehead atoms. The van der Waals surface area contributed by atoms with E-state index in [0.29, 0.717) is 0 Å². The Balaban J connectivity index is 1.60. The molecule has 2 atom stereocenters.